The lowest BCUT2D eigenvalue weighted by molar-refractivity contribution is 0.614. The van der Waals surface area contributed by atoms with Crippen molar-refractivity contribution in [3.8, 4) is 0 Å². The number of benzene rings is 2. The van der Waals surface area contributed by atoms with Crippen LogP contribution in [0.25, 0.3) is 10.9 Å². The third-order valence-electron chi connectivity index (χ3n) is 3.34. The molecule has 0 aliphatic heterocycles. The first kappa shape index (κ1) is 13.4. The van der Waals surface area contributed by atoms with Gasteiger partial charge in [0.05, 0.1) is 5.39 Å². The number of halogens is 2. The maximum atomic E-state index is 14.0. The molecule has 3 aromatic rings. The minimum atomic E-state index is -0.566. The van der Waals surface area contributed by atoms with Crippen LogP contribution in [-0.4, -0.2) is 9.97 Å². The standard InChI is InChI=1S/C16H13F2N3/c1-10(11-5-3-2-4-6-11)21-16-14-12(17)7-8-13(18)15(14)19-9-20-16/h2-10H,1H3,(H,19,20,21). The first-order chi connectivity index (χ1) is 10.2. The molecule has 0 bridgehead atoms. The Bertz CT molecular complexity index is 775. The summed E-state index contributed by atoms with van der Waals surface area (Å²) in [5.74, 6) is -0.827. The predicted molar refractivity (Wildman–Crippen MR) is 77.9 cm³/mol. The molecular weight excluding hydrogens is 272 g/mol. The van der Waals surface area contributed by atoms with Crippen LogP contribution in [0.3, 0.4) is 0 Å². The van der Waals surface area contributed by atoms with Gasteiger partial charge in [0, 0.05) is 6.04 Å². The summed E-state index contributed by atoms with van der Waals surface area (Å²) in [4.78, 5) is 7.86. The lowest BCUT2D eigenvalue weighted by Gasteiger charge is -2.16. The number of rotatable bonds is 3. The van der Waals surface area contributed by atoms with Gasteiger partial charge in [0.1, 0.15) is 29.3 Å². The van der Waals surface area contributed by atoms with E-state index in [1.54, 1.807) is 0 Å². The summed E-state index contributed by atoms with van der Waals surface area (Å²) in [5, 5.41) is 3.18. The molecule has 0 amide bonds. The van der Waals surface area contributed by atoms with Crippen LogP contribution in [0.4, 0.5) is 14.6 Å². The molecule has 0 saturated heterocycles. The zero-order chi connectivity index (χ0) is 14.8. The fraction of sp³-hybridized carbons (Fsp3) is 0.125. The highest BCUT2D eigenvalue weighted by Crippen LogP contribution is 2.27. The Labute approximate surface area is 120 Å². The summed E-state index contributed by atoms with van der Waals surface area (Å²) in [6, 6.07) is 11.7. The van der Waals surface area contributed by atoms with Crippen molar-refractivity contribution >= 4 is 16.7 Å². The first-order valence-corrected chi connectivity index (χ1v) is 6.57. The van der Waals surface area contributed by atoms with Crippen molar-refractivity contribution in [2.75, 3.05) is 5.32 Å². The topological polar surface area (TPSA) is 37.8 Å². The SMILES string of the molecule is CC(Nc1ncnc2c(F)ccc(F)c12)c1ccccc1. The summed E-state index contributed by atoms with van der Waals surface area (Å²) < 4.78 is 27.7. The minimum absolute atomic E-state index is 0.0206. The average Bonchev–Trinajstić information content (AvgIpc) is 2.52. The molecule has 0 aliphatic rings. The van der Waals surface area contributed by atoms with E-state index in [2.05, 4.69) is 15.3 Å². The van der Waals surface area contributed by atoms with E-state index in [0.29, 0.717) is 0 Å². The van der Waals surface area contributed by atoms with Crippen LogP contribution >= 0.6 is 0 Å². The van der Waals surface area contributed by atoms with Gasteiger partial charge >= 0.3 is 0 Å². The van der Waals surface area contributed by atoms with Gasteiger partial charge in [-0.1, -0.05) is 30.3 Å². The van der Waals surface area contributed by atoms with Gasteiger partial charge in [-0.15, -0.1) is 0 Å². The molecule has 0 fully saturated rings. The maximum Gasteiger partial charge on any atom is 0.149 e. The number of nitrogens with one attached hydrogen (secondary N) is 1. The fourth-order valence-corrected chi connectivity index (χ4v) is 2.24. The van der Waals surface area contributed by atoms with Crippen molar-refractivity contribution in [3.05, 3.63) is 66.0 Å². The quantitative estimate of drug-likeness (QED) is 0.788. The molecule has 0 aliphatic carbocycles. The summed E-state index contributed by atoms with van der Waals surface area (Å²) >= 11 is 0. The normalized spacial score (nSPS) is 12.3. The number of fused-ring (bicyclic) bond motifs is 1. The third-order valence-corrected chi connectivity index (χ3v) is 3.34. The largest absolute Gasteiger partial charge is 0.363 e. The molecular formula is C16H13F2N3. The molecule has 3 rings (SSSR count). The van der Waals surface area contributed by atoms with E-state index in [4.69, 9.17) is 0 Å². The van der Waals surface area contributed by atoms with E-state index in [1.807, 2.05) is 37.3 Å². The summed E-state index contributed by atoms with van der Waals surface area (Å²) in [6.45, 7) is 1.93. The molecule has 5 heteroatoms. The monoisotopic (exact) mass is 285 g/mol. The minimum Gasteiger partial charge on any atom is -0.363 e. The Balaban J connectivity index is 2.03. The predicted octanol–water partition coefficient (Wildman–Crippen LogP) is 4.08. The molecule has 1 unspecified atom stereocenters. The fourth-order valence-electron chi connectivity index (χ4n) is 2.24. The molecule has 2 aromatic carbocycles. The molecule has 1 heterocycles. The van der Waals surface area contributed by atoms with E-state index < -0.39 is 11.6 Å². The third kappa shape index (κ3) is 2.54. The van der Waals surface area contributed by atoms with Gasteiger partial charge in [-0.3, -0.25) is 0 Å². The zero-order valence-electron chi connectivity index (χ0n) is 11.3. The molecule has 106 valence electrons. The number of hydrogen-bond donors (Lipinski definition) is 1. The average molecular weight is 285 g/mol. The van der Waals surface area contributed by atoms with Crippen molar-refractivity contribution in [1.82, 2.24) is 9.97 Å². The van der Waals surface area contributed by atoms with Gasteiger partial charge in [0.2, 0.25) is 0 Å². The Hall–Kier alpha value is -2.56. The summed E-state index contributed by atoms with van der Waals surface area (Å²) in [6.07, 6.45) is 1.23. The lowest BCUT2D eigenvalue weighted by atomic mass is 10.1. The highest BCUT2D eigenvalue weighted by Gasteiger charge is 2.14. The zero-order valence-corrected chi connectivity index (χ0v) is 11.3. The van der Waals surface area contributed by atoms with E-state index in [0.717, 1.165) is 17.7 Å². The Kier molecular flexibility index (Phi) is 3.48. The second-order valence-corrected chi connectivity index (χ2v) is 4.75. The van der Waals surface area contributed by atoms with Crippen LogP contribution < -0.4 is 5.32 Å². The van der Waals surface area contributed by atoms with E-state index in [1.165, 1.54) is 6.33 Å². The van der Waals surface area contributed by atoms with Gasteiger partial charge in [0.25, 0.3) is 0 Å². The first-order valence-electron chi connectivity index (χ1n) is 6.57. The summed E-state index contributed by atoms with van der Waals surface area (Å²) in [7, 11) is 0. The molecule has 1 aromatic heterocycles. The van der Waals surface area contributed by atoms with Gasteiger partial charge in [-0.2, -0.15) is 0 Å². The van der Waals surface area contributed by atoms with Crippen LogP contribution in [-0.2, 0) is 0 Å². The molecule has 0 spiro atoms. The van der Waals surface area contributed by atoms with Gasteiger partial charge in [0.15, 0.2) is 0 Å². The van der Waals surface area contributed by atoms with Crippen LogP contribution in [0, 0.1) is 11.6 Å². The molecule has 1 atom stereocenters. The van der Waals surface area contributed by atoms with Crippen LogP contribution in [0.5, 0.6) is 0 Å². The number of aromatic nitrogens is 2. The maximum absolute atomic E-state index is 14.0. The summed E-state index contributed by atoms with van der Waals surface area (Å²) in [5.41, 5.74) is 1.01. The van der Waals surface area contributed by atoms with Crippen molar-refractivity contribution in [3.63, 3.8) is 0 Å². The van der Waals surface area contributed by atoms with Crippen molar-refractivity contribution in [2.45, 2.75) is 13.0 Å². The highest BCUT2D eigenvalue weighted by molar-refractivity contribution is 5.89. The van der Waals surface area contributed by atoms with Gasteiger partial charge < -0.3 is 5.32 Å². The smallest absolute Gasteiger partial charge is 0.149 e. The van der Waals surface area contributed by atoms with Gasteiger partial charge in [-0.05, 0) is 24.6 Å². The number of nitrogens with zero attached hydrogens (tertiary/aromatic N) is 2. The molecule has 21 heavy (non-hydrogen) atoms. The van der Waals surface area contributed by atoms with Crippen molar-refractivity contribution in [1.29, 1.82) is 0 Å². The van der Waals surface area contributed by atoms with E-state index >= 15 is 0 Å². The number of anilines is 1. The Morgan fingerprint density at radius 3 is 2.43 bits per heavy atom. The van der Waals surface area contributed by atoms with Crippen molar-refractivity contribution in [2.24, 2.45) is 0 Å². The lowest BCUT2D eigenvalue weighted by Crippen LogP contribution is -2.09. The van der Waals surface area contributed by atoms with Crippen LogP contribution in [0.2, 0.25) is 0 Å². The van der Waals surface area contributed by atoms with Crippen LogP contribution in [0.15, 0.2) is 48.8 Å². The van der Waals surface area contributed by atoms with Crippen LogP contribution in [0.1, 0.15) is 18.5 Å². The van der Waals surface area contributed by atoms with E-state index in [9.17, 15) is 8.78 Å². The molecule has 0 radical (unpaired) electrons. The Morgan fingerprint density at radius 1 is 0.952 bits per heavy atom. The molecule has 3 nitrogen and oxygen atoms in total. The van der Waals surface area contributed by atoms with Gasteiger partial charge in [-0.25, -0.2) is 18.7 Å². The number of hydrogen-bond acceptors (Lipinski definition) is 3. The second kappa shape index (κ2) is 5.44. The van der Waals surface area contributed by atoms with E-state index in [-0.39, 0.29) is 22.8 Å². The Morgan fingerprint density at radius 2 is 1.67 bits per heavy atom. The second-order valence-electron chi connectivity index (χ2n) is 4.75. The molecule has 0 saturated carbocycles. The van der Waals surface area contributed by atoms with Crippen molar-refractivity contribution < 1.29 is 8.78 Å². The highest BCUT2D eigenvalue weighted by atomic mass is 19.1. The molecule has 1 N–H and O–H groups in total.